The summed E-state index contributed by atoms with van der Waals surface area (Å²) in [4.78, 5) is 10.9. The van der Waals surface area contributed by atoms with Crippen LogP contribution in [0.4, 0.5) is 0 Å². The van der Waals surface area contributed by atoms with Crippen LogP contribution in [-0.2, 0) is 11.2 Å². The second-order valence-electron chi connectivity index (χ2n) is 4.38. The molecule has 1 atom stereocenters. The zero-order chi connectivity index (χ0) is 12.1. The number of nitrogens with one attached hydrogen (secondary N) is 1. The molecule has 1 N–H and O–H groups in total. The van der Waals surface area contributed by atoms with E-state index < -0.39 is 0 Å². The number of carbonyl (C=O) groups is 1. The Bertz CT molecular complexity index is 371. The maximum atomic E-state index is 10.9. The quantitative estimate of drug-likeness (QED) is 0.829. The molecule has 0 saturated heterocycles. The van der Waals surface area contributed by atoms with E-state index in [1.807, 2.05) is 0 Å². The van der Waals surface area contributed by atoms with Gasteiger partial charge in [0.25, 0.3) is 0 Å². The van der Waals surface area contributed by atoms with Gasteiger partial charge in [-0.1, -0.05) is 32.0 Å². The van der Waals surface area contributed by atoms with Crippen molar-refractivity contribution in [3.05, 3.63) is 34.9 Å². The minimum absolute atomic E-state index is 0.0367. The fraction of sp³-hybridized carbons (Fsp3) is 0.500. The third kappa shape index (κ3) is 3.37. The number of aryl methyl sites for hydroxylation is 2. The molecule has 0 fully saturated rings. The topological polar surface area (TPSA) is 29.1 Å². The highest BCUT2D eigenvalue weighted by Gasteiger charge is 2.08. The fourth-order valence-electron chi connectivity index (χ4n) is 1.92. The minimum Gasteiger partial charge on any atom is -0.356 e. The molecule has 0 saturated carbocycles. The highest BCUT2D eigenvalue weighted by atomic mass is 16.1. The first kappa shape index (κ1) is 12.8. The van der Waals surface area contributed by atoms with Gasteiger partial charge in [0, 0.05) is 13.5 Å². The van der Waals surface area contributed by atoms with E-state index in [9.17, 15) is 4.79 Å². The van der Waals surface area contributed by atoms with E-state index in [4.69, 9.17) is 0 Å². The Kier molecular flexibility index (Phi) is 4.53. The van der Waals surface area contributed by atoms with Gasteiger partial charge in [-0.3, -0.25) is 4.79 Å². The zero-order valence-corrected chi connectivity index (χ0v) is 10.6. The maximum absolute atomic E-state index is 10.9. The van der Waals surface area contributed by atoms with E-state index >= 15 is 0 Å². The molecule has 2 nitrogen and oxygen atoms in total. The first-order chi connectivity index (χ1) is 7.54. The van der Waals surface area contributed by atoms with Crippen molar-refractivity contribution in [2.75, 3.05) is 6.54 Å². The molecule has 0 aromatic heterocycles. The van der Waals surface area contributed by atoms with Crippen LogP contribution in [0.25, 0.3) is 0 Å². The van der Waals surface area contributed by atoms with Crippen molar-refractivity contribution in [2.45, 2.75) is 40.0 Å². The molecule has 0 heterocycles. The smallest absolute Gasteiger partial charge is 0.216 e. The molecule has 16 heavy (non-hydrogen) atoms. The summed E-state index contributed by atoms with van der Waals surface area (Å²) in [6.45, 7) is 8.71. The van der Waals surface area contributed by atoms with Crippen molar-refractivity contribution in [1.29, 1.82) is 0 Å². The summed E-state index contributed by atoms with van der Waals surface area (Å²) in [7, 11) is 0. The fourth-order valence-corrected chi connectivity index (χ4v) is 1.92. The molecule has 0 aliphatic heterocycles. The highest BCUT2D eigenvalue weighted by Crippen LogP contribution is 2.20. The van der Waals surface area contributed by atoms with E-state index in [2.05, 4.69) is 44.3 Å². The van der Waals surface area contributed by atoms with E-state index in [1.54, 1.807) is 6.92 Å². The Hall–Kier alpha value is -1.31. The third-order valence-corrected chi connectivity index (χ3v) is 2.93. The van der Waals surface area contributed by atoms with Gasteiger partial charge < -0.3 is 5.32 Å². The molecule has 0 aliphatic carbocycles. The Balaban J connectivity index is 2.75. The number of carbonyl (C=O) groups excluding carboxylic acids is 1. The summed E-state index contributed by atoms with van der Waals surface area (Å²) in [6, 6.07) is 6.59. The van der Waals surface area contributed by atoms with Crippen LogP contribution in [0.5, 0.6) is 0 Å². The van der Waals surface area contributed by atoms with Crippen LogP contribution in [0.2, 0.25) is 0 Å². The molecule has 0 spiro atoms. The summed E-state index contributed by atoms with van der Waals surface area (Å²) >= 11 is 0. The van der Waals surface area contributed by atoms with Gasteiger partial charge in [-0.25, -0.2) is 0 Å². The summed E-state index contributed by atoms with van der Waals surface area (Å²) in [5.41, 5.74) is 4.01. The largest absolute Gasteiger partial charge is 0.356 e. The first-order valence-electron chi connectivity index (χ1n) is 5.88. The second kappa shape index (κ2) is 5.69. The molecule has 0 radical (unpaired) electrons. The number of hydrogen-bond donors (Lipinski definition) is 1. The Morgan fingerprint density at radius 1 is 1.44 bits per heavy atom. The van der Waals surface area contributed by atoms with Gasteiger partial charge in [-0.15, -0.1) is 0 Å². The maximum Gasteiger partial charge on any atom is 0.216 e. The second-order valence-corrected chi connectivity index (χ2v) is 4.38. The van der Waals surface area contributed by atoms with E-state index in [0.717, 1.165) is 6.42 Å². The van der Waals surface area contributed by atoms with Crippen molar-refractivity contribution in [2.24, 2.45) is 0 Å². The van der Waals surface area contributed by atoms with Gasteiger partial charge in [-0.2, -0.15) is 0 Å². The van der Waals surface area contributed by atoms with Gasteiger partial charge in [0.2, 0.25) is 5.91 Å². The summed E-state index contributed by atoms with van der Waals surface area (Å²) < 4.78 is 0. The summed E-state index contributed by atoms with van der Waals surface area (Å²) in [5, 5.41) is 2.86. The monoisotopic (exact) mass is 219 g/mol. The molecule has 1 aromatic rings. The normalized spacial score (nSPS) is 12.2. The van der Waals surface area contributed by atoms with Crippen LogP contribution < -0.4 is 5.32 Å². The lowest BCUT2D eigenvalue weighted by Gasteiger charge is -2.15. The van der Waals surface area contributed by atoms with Crippen LogP contribution in [0, 0.1) is 6.92 Å². The Morgan fingerprint density at radius 3 is 2.62 bits per heavy atom. The average molecular weight is 219 g/mol. The van der Waals surface area contributed by atoms with Crippen LogP contribution in [-0.4, -0.2) is 12.5 Å². The summed E-state index contributed by atoms with van der Waals surface area (Å²) in [6.07, 6.45) is 1.07. The molecule has 0 unspecified atom stereocenters. The molecule has 2 heteroatoms. The van der Waals surface area contributed by atoms with Crippen molar-refractivity contribution >= 4 is 5.91 Å². The van der Waals surface area contributed by atoms with Crippen LogP contribution in [0.15, 0.2) is 18.2 Å². The summed E-state index contributed by atoms with van der Waals surface area (Å²) in [5.74, 6) is 0.407. The van der Waals surface area contributed by atoms with E-state index in [1.165, 1.54) is 16.7 Å². The number of amides is 1. The van der Waals surface area contributed by atoms with Gasteiger partial charge in [0.1, 0.15) is 0 Å². The van der Waals surface area contributed by atoms with Gasteiger partial charge in [0.05, 0.1) is 0 Å². The van der Waals surface area contributed by atoms with Gasteiger partial charge in [-0.05, 0) is 36.0 Å². The highest BCUT2D eigenvalue weighted by molar-refractivity contribution is 5.72. The first-order valence-corrected chi connectivity index (χ1v) is 5.88. The van der Waals surface area contributed by atoms with Crippen LogP contribution in [0.3, 0.4) is 0 Å². The number of rotatable bonds is 4. The van der Waals surface area contributed by atoms with Crippen molar-refractivity contribution in [3.63, 3.8) is 0 Å². The van der Waals surface area contributed by atoms with E-state index in [0.29, 0.717) is 12.5 Å². The number of hydrogen-bond acceptors (Lipinski definition) is 1. The Labute approximate surface area is 98.1 Å². The average Bonchev–Trinajstić information content (AvgIpc) is 2.25. The number of benzene rings is 1. The lowest BCUT2D eigenvalue weighted by molar-refractivity contribution is -0.119. The standard InChI is InChI=1S/C14H21NO/c1-5-13-6-7-14(10(2)8-13)11(3)9-15-12(4)16/h6-8,11H,5,9H2,1-4H3,(H,15,16)/t11-/m0/s1. The lowest BCUT2D eigenvalue weighted by Crippen LogP contribution is -2.25. The van der Waals surface area contributed by atoms with Crippen LogP contribution >= 0.6 is 0 Å². The SMILES string of the molecule is CCc1ccc([C@@H](C)CNC(C)=O)c(C)c1. The van der Waals surface area contributed by atoms with E-state index in [-0.39, 0.29) is 5.91 Å². The molecule has 0 bridgehead atoms. The predicted molar refractivity (Wildman–Crippen MR) is 67.7 cm³/mol. The van der Waals surface area contributed by atoms with Gasteiger partial charge >= 0.3 is 0 Å². The lowest BCUT2D eigenvalue weighted by atomic mass is 9.94. The zero-order valence-electron chi connectivity index (χ0n) is 10.6. The molecular weight excluding hydrogens is 198 g/mol. The predicted octanol–water partition coefficient (Wildman–Crippen LogP) is 2.80. The molecule has 0 aliphatic rings. The minimum atomic E-state index is 0.0367. The van der Waals surface area contributed by atoms with Gasteiger partial charge in [0.15, 0.2) is 0 Å². The molecule has 1 rings (SSSR count). The molecular formula is C14H21NO. The molecule has 88 valence electrons. The molecule has 1 aromatic carbocycles. The van der Waals surface area contributed by atoms with Crippen molar-refractivity contribution in [3.8, 4) is 0 Å². The molecule has 1 amide bonds. The Morgan fingerprint density at radius 2 is 2.12 bits per heavy atom. The van der Waals surface area contributed by atoms with Crippen molar-refractivity contribution < 1.29 is 4.79 Å². The third-order valence-electron chi connectivity index (χ3n) is 2.93. The van der Waals surface area contributed by atoms with Crippen molar-refractivity contribution in [1.82, 2.24) is 5.32 Å². The van der Waals surface area contributed by atoms with Crippen LogP contribution in [0.1, 0.15) is 43.4 Å².